The van der Waals surface area contributed by atoms with E-state index in [0.29, 0.717) is 12.8 Å². The van der Waals surface area contributed by atoms with Crippen LogP contribution < -0.4 is 0 Å². The normalized spacial score (nSPS) is 21.8. The maximum absolute atomic E-state index is 12.6. The second-order valence-corrected chi connectivity index (χ2v) is 13.4. The Morgan fingerprint density at radius 2 is 1.10 bits per heavy atom. The Morgan fingerprint density at radius 1 is 0.625 bits per heavy atom. The molecule has 0 aromatic heterocycles. The van der Waals surface area contributed by atoms with E-state index in [1.807, 2.05) is 0 Å². The average molecular weight is 687 g/mol. The van der Waals surface area contributed by atoms with Crippen molar-refractivity contribution in [2.75, 3.05) is 19.8 Å². The molecule has 10 heteroatoms. The maximum Gasteiger partial charge on any atom is 0.306 e. The SMILES string of the molecule is CCCCCCCC/C=C/CCCCCC(=O)OC[C@@H](CO[C@H]1O[C@@H](CO)[C@@H](O)C(O)C1O)OC(=O)CCCCCCCCCCCC. The van der Waals surface area contributed by atoms with Crippen molar-refractivity contribution in [3.8, 4) is 0 Å². The average Bonchev–Trinajstić information content (AvgIpc) is 3.08. The van der Waals surface area contributed by atoms with E-state index in [0.717, 1.165) is 44.9 Å². The van der Waals surface area contributed by atoms with Crippen molar-refractivity contribution in [3.63, 3.8) is 0 Å². The van der Waals surface area contributed by atoms with Gasteiger partial charge in [0, 0.05) is 12.8 Å². The minimum Gasteiger partial charge on any atom is -0.462 e. The van der Waals surface area contributed by atoms with Gasteiger partial charge in [-0.15, -0.1) is 0 Å². The molecular weight excluding hydrogens is 616 g/mol. The highest BCUT2D eigenvalue weighted by Gasteiger charge is 2.44. The summed E-state index contributed by atoms with van der Waals surface area (Å²) in [5.74, 6) is -0.824. The molecule has 0 aromatic carbocycles. The predicted molar refractivity (Wildman–Crippen MR) is 187 cm³/mol. The molecule has 2 unspecified atom stereocenters. The van der Waals surface area contributed by atoms with Crippen molar-refractivity contribution in [3.05, 3.63) is 12.2 Å². The minimum absolute atomic E-state index is 0.221. The lowest BCUT2D eigenvalue weighted by Crippen LogP contribution is -2.59. The fraction of sp³-hybridized carbons (Fsp3) is 0.895. The quantitative estimate of drug-likeness (QED) is 0.0347. The van der Waals surface area contributed by atoms with E-state index >= 15 is 0 Å². The van der Waals surface area contributed by atoms with E-state index < -0.39 is 55.4 Å². The first kappa shape index (κ1) is 44.5. The molecule has 0 amide bonds. The van der Waals surface area contributed by atoms with Crippen molar-refractivity contribution in [2.45, 2.75) is 198 Å². The first-order valence-electron chi connectivity index (χ1n) is 19.3. The van der Waals surface area contributed by atoms with Gasteiger partial charge in [0.15, 0.2) is 12.4 Å². The van der Waals surface area contributed by atoms with E-state index in [-0.39, 0.29) is 26.1 Å². The largest absolute Gasteiger partial charge is 0.462 e. The number of esters is 2. The zero-order chi connectivity index (χ0) is 35.2. The number of carbonyl (C=O) groups excluding carboxylic acids is 2. The summed E-state index contributed by atoms with van der Waals surface area (Å²) < 4.78 is 22.0. The monoisotopic (exact) mass is 686 g/mol. The third kappa shape index (κ3) is 22.2. The molecule has 10 nitrogen and oxygen atoms in total. The standard InChI is InChI=1S/C38H70O10/c1-3-5-7-9-11-13-15-16-17-19-20-22-24-26-33(40)45-29-31(30-46-38-37(44)36(43)35(42)32(28-39)48-38)47-34(41)27-25-23-21-18-14-12-10-8-6-4-2/h16-17,31-32,35-39,42-44H,3-15,18-30H2,1-2H3/b17-16+/t31-,32-,35+,36?,37?,38-/m0/s1. The summed E-state index contributed by atoms with van der Waals surface area (Å²) in [6.45, 7) is 3.37. The zero-order valence-corrected chi connectivity index (χ0v) is 30.2. The molecule has 0 spiro atoms. The van der Waals surface area contributed by atoms with Gasteiger partial charge in [-0.3, -0.25) is 9.59 Å². The van der Waals surface area contributed by atoms with Gasteiger partial charge >= 0.3 is 11.9 Å². The number of hydrogen-bond donors (Lipinski definition) is 4. The van der Waals surface area contributed by atoms with Crippen molar-refractivity contribution in [1.82, 2.24) is 0 Å². The van der Waals surface area contributed by atoms with Crippen molar-refractivity contribution in [1.29, 1.82) is 0 Å². The third-order valence-corrected chi connectivity index (χ3v) is 8.90. The summed E-state index contributed by atoms with van der Waals surface area (Å²) in [4.78, 5) is 25.1. The number of unbranched alkanes of at least 4 members (excludes halogenated alkanes) is 18. The van der Waals surface area contributed by atoms with Gasteiger partial charge in [-0.25, -0.2) is 0 Å². The van der Waals surface area contributed by atoms with E-state index in [2.05, 4.69) is 26.0 Å². The Kier molecular flexibility index (Phi) is 28.0. The van der Waals surface area contributed by atoms with Crippen LogP contribution >= 0.6 is 0 Å². The molecular formula is C38H70O10. The lowest BCUT2D eigenvalue weighted by atomic mass is 9.99. The Bertz CT molecular complexity index is 804. The predicted octanol–water partition coefficient (Wildman–Crippen LogP) is 6.83. The van der Waals surface area contributed by atoms with Gasteiger partial charge in [-0.1, -0.05) is 122 Å². The Hall–Kier alpha value is -1.56. The maximum atomic E-state index is 12.6. The van der Waals surface area contributed by atoms with E-state index in [1.54, 1.807) is 0 Å². The fourth-order valence-electron chi connectivity index (χ4n) is 5.77. The number of aliphatic hydroxyl groups excluding tert-OH is 4. The zero-order valence-electron chi connectivity index (χ0n) is 30.2. The summed E-state index contributed by atoms with van der Waals surface area (Å²) in [6, 6.07) is 0. The van der Waals surface area contributed by atoms with Crippen LogP contribution in [0.1, 0.15) is 162 Å². The Morgan fingerprint density at radius 3 is 1.65 bits per heavy atom. The molecule has 1 aliphatic heterocycles. The van der Waals surface area contributed by atoms with Crippen LogP contribution in [0.2, 0.25) is 0 Å². The molecule has 0 aliphatic carbocycles. The number of allylic oxidation sites excluding steroid dienone is 2. The van der Waals surface area contributed by atoms with Crippen LogP contribution in [0.25, 0.3) is 0 Å². The molecule has 0 radical (unpaired) electrons. The topological polar surface area (TPSA) is 152 Å². The van der Waals surface area contributed by atoms with Crippen LogP contribution in [-0.4, -0.2) is 89.0 Å². The first-order chi connectivity index (χ1) is 23.3. The summed E-state index contributed by atoms with van der Waals surface area (Å²) in [5.41, 5.74) is 0. The van der Waals surface area contributed by atoms with E-state index in [1.165, 1.54) is 77.0 Å². The van der Waals surface area contributed by atoms with E-state index in [9.17, 15) is 30.0 Å². The minimum atomic E-state index is -1.59. The molecule has 4 N–H and O–H groups in total. The second-order valence-electron chi connectivity index (χ2n) is 13.4. The highest BCUT2D eigenvalue weighted by atomic mass is 16.7. The lowest BCUT2D eigenvalue weighted by molar-refractivity contribution is -0.305. The number of hydrogen-bond acceptors (Lipinski definition) is 10. The summed E-state index contributed by atoms with van der Waals surface area (Å²) in [5, 5.41) is 39.8. The lowest BCUT2D eigenvalue weighted by Gasteiger charge is -2.39. The highest BCUT2D eigenvalue weighted by Crippen LogP contribution is 2.22. The van der Waals surface area contributed by atoms with Crippen LogP contribution in [0.15, 0.2) is 12.2 Å². The molecule has 1 aliphatic rings. The molecule has 0 bridgehead atoms. The Labute approximate surface area is 291 Å². The summed E-state index contributed by atoms with van der Waals surface area (Å²) >= 11 is 0. The van der Waals surface area contributed by atoms with Gasteiger partial charge in [-0.05, 0) is 38.5 Å². The van der Waals surface area contributed by atoms with Crippen molar-refractivity contribution in [2.24, 2.45) is 0 Å². The van der Waals surface area contributed by atoms with Crippen LogP contribution in [0.4, 0.5) is 0 Å². The number of carbonyl (C=O) groups is 2. The molecule has 1 saturated heterocycles. The van der Waals surface area contributed by atoms with Gasteiger partial charge in [0.05, 0.1) is 13.2 Å². The summed E-state index contributed by atoms with van der Waals surface area (Å²) in [7, 11) is 0. The molecule has 0 aromatic rings. The van der Waals surface area contributed by atoms with Crippen LogP contribution in [-0.2, 0) is 28.5 Å². The fourth-order valence-corrected chi connectivity index (χ4v) is 5.77. The Balaban J connectivity index is 2.41. The van der Waals surface area contributed by atoms with Crippen molar-refractivity contribution < 1.29 is 49.0 Å². The van der Waals surface area contributed by atoms with Crippen LogP contribution in [0.3, 0.4) is 0 Å². The van der Waals surface area contributed by atoms with E-state index in [4.69, 9.17) is 18.9 Å². The highest BCUT2D eigenvalue weighted by molar-refractivity contribution is 5.70. The van der Waals surface area contributed by atoms with Gasteiger partial charge in [0.2, 0.25) is 0 Å². The first-order valence-corrected chi connectivity index (χ1v) is 19.3. The smallest absolute Gasteiger partial charge is 0.306 e. The van der Waals surface area contributed by atoms with Gasteiger partial charge < -0.3 is 39.4 Å². The number of rotatable bonds is 31. The number of aliphatic hydroxyl groups is 4. The van der Waals surface area contributed by atoms with Crippen molar-refractivity contribution >= 4 is 11.9 Å². The van der Waals surface area contributed by atoms with Gasteiger partial charge in [0.25, 0.3) is 0 Å². The van der Waals surface area contributed by atoms with Gasteiger partial charge in [-0.2, -0.15) is 0 Å². The second kappa shape index (κ2) is 30.3. The summed E-state index contributed by atoms with van der Waals surface area (Å²) in [6.07, 6.45) is 20.9. The van der Waals surface area contributed by atoms with Crippen LogP contribution in [0, 0.1) is 0 Å². The molecule has 282 valence electrons. The molecule has 1 rings (SSSR count). The molecule has 1 heterocycles. The third-order valence-electron chi connectivity index (χ3n) is 8.90. The number of ether oxygens (including phenoxy) is 4. The molecule has 1 fully saturated rings. The molecule has 48 heavy (non-hydrogen) atoms. The van der Waals surface area contributed by atoms with Gasteiger partial charge in [0.1, 0.15) is 31.0 Å². The molecule has 6 atom stereocenters. The van der Waals surface area contributed by atoms with Crippen LogP contribution in [0.5, 0.6) is 0 Å². The molecule has 0 saturated carbocycles.